The number of methoxy groups -OCH3 is 1. The Hall–Kier alpha value is -2.91. The van der Waals surface area contributed by atoms with E-state index in [0.717, 1.165) is 11.3 Å². The molecule has 0 bridgehead atoms. The monoisotopic (exact) mass is 485 g/mol. The van der Waals surface area contributed by atoms with E-state index in [1.165, 1.54) is 7.11 Å². The maximum Gasteiger partial charge on any atom is 0.308 e. The summed E-state index contributed by atoms with van der Waals surface area (Å²) < 4.78 is 16.8. The Bertz CT molecular complexity index is 943. The van der Waals surface area contributed by atoms with Gasteiger partial charge in [-0.3, -0.25) is 19.3 Å². The summed E-state index contributed by atoms with van der Waals surface area (Å²) in [6.45, 7) is 3.34. The number of allylic oxidation sites excluding steroid dienone is 1. The van der Waals surface area contributed by atoms with Crippen molar-refractivity contribution in [1.82, 2.24) is 15.1 Å². The molecule has 3 aliphatic rings. The van der Waals surface area contributed by atoms with Gasteiger partial charge >= 0.3 is 5.97 Å². The highest BCUT2D eigenvalue weighted by Crippen LogP contribution is 2.26. The third-order valence-corrected chi connectivity index (χ3v) is 6.99. The molecule has 35 heavy (non-hydrogen) atoms. The number of fused-ring (bicyclic) bond motifs is 1. The summed E-state index contributed by atoms with van der Waals surface area (Å²) in [5.74, 6) is 0.312. The fraction of sp³-hybridized carbons (Fsp3) is 0.577. The van der Waals surface area contributed by atoms with Crippen LogP contribution in [0.25, 0.3) is 0 Å². The zero-order valence-electron chi connectivity index (χ0n) is 20.4. The van der Waals surface area contributed by atoms with Crippen molar-refractivity contribution < 1.29 is 28.6 Å². The van der Waals surface area contributed by atoms with Gasteiger partial charge in [0.2, 0.25) is 5.91 Å². The lowest BCUT2D eigenvalue weighted by Gasteiger charge is -2.41. The Kier molecular flexibility index (Phi) is 8.41. The minimum atomic E-state index is -1.05. The first-order chi connectivity index (χ1) is 17.0. The Labute approximate surface area is 206 Å². The van der Waals surface area contributed by atoms with Crippen molar-refractivity contribution in [3.05, 3.63) is 42.0 Å². The lowest BCUT2D eigenvalue weighted by molar-refractivity contribution is -0.162. The van der Waals surface area contributed by atoms with Crippen LogP contribution in [0.2, 0.25) is 0 Å². The summed E-state index contributed by atoms with van der Waals surface area (Å²) in [5.41, 5.74) is 0.0449. The summed E-state index contributed by atoms with van der Waals surface area (Å²) >= 11 is 0. The summed E-state index contributed by atoms with van der Waals surface area (Å²) in [4.78, 5) is 41.8. The summed E-state index contributed by atoms with van der Waals surface area (Å²) in [5, 5.41) is 2.96. The molecule has 3 heterocycles. The number of nitrogens with zero attached hydrogens (tertiary/aromatic N) is 2. The van der Waals surface area contributed by atoms with Crippen LogP contribution in [0.1, 0.15) is 24.8 Å². The first-order valence-corrected chi connectivity index (χ1v) is 12.4. The van der Waals surface area contributed by atoms with E-state index in [9.17, 15) is 14.4 Å². The van der Waals surface area contributed by atoms with Crippen molar-refractivity contribution in [2.75, 3.05) is 59.6 Å². The number of para-hydroxylation sites is 1. The number of morpholine rings is 1. The topological polar surface area (TPSA) is 97.4 Å². The molecule has 1 unspecified atom stereocenters. The van der Waals surface area contributed by atoms with Gasteiger partial charge in [-0.25, -0.2) is 0 Å². The zero-order chi connectivity index (χ0) is 24.7. The predicted molar refractivity (Wildman–Crippen MR) is 129 cm³/mol. The molecular formula is C26H35N3O6. The standard InChI is InChI=1S/C26H35N3O6/c1-33-24(31)21-9-13-29(14-10-21)23(30)18-28-15-17-35-26(19-28)11-5-4-7-20-6-2-3-8-22(20)34-16-12-27-25(26)32/h2-6,8,21H,7,9-19H2,1H3,(H,27,32)/b5-4+. The largest absolute Gasteiger partial charge is 0.491 e. The first kappa shape index (κ1) is 25.2. The summed E-state index contributed by atoms with van der Waals surface area (Å²) in [6.07, 6.45) is 6.39. The number of ether oxygens (including phenoxy) is 3. The highest BCUT2D eigenvalue weighted by Gasteiger charge is 2.43. The average molecular weight is 486 g/mol. The van der Waals surface area contributed by atoms with E-state index in [-0.39, 0.29) is 30.2 Å². The molecule has 2 amide bonds. The molecule has 1 aromatic carbocycles. The van der Waals surface area contributed by atoms with E-state index >= 15 is 0 Å². The fourth-order valence-electron chi connectivity index (χ4n) is 4.95. The molecule has 1 N–H and O–H groups in total. The van der Waals surface area contributed by atoms with E-state index in [0.29, 0.717) is 71.6 Å². The molecule has 2 fully saturated rings. The molecule has 0 radical (unpaired) electrons. The fourth-order valence-corrected chi connectivity index (χ4v) is 4.95. The number of rotatable bonds is 3. The molecule has 4 rings (SSSR count). The highest BCUT2D eigenvalue weighted by molar-refractivity contribution is 5.86. The first-order valence-electron chi connectivity index (χ1n) is 12.4. The molecule has 190 valence electrons. The van der Waals surface area contributed by atoms with Crippen LogP contribution in [0, 0.1) is 5.92 Å². The van der Waals surface area contributed by atoms with Gasteiger partial charge in [-0.15, -0.1) is 0 Å². The number of carbonyl (C=O) groups is 3. The number of piperidine rings is 1. The van der Waals surface area contributed by atoms with Gasteiger partial charge in [-0.1, -0.05) is 30.4 Å². The lowest BCUT2D eigenvalue weighted by atomic mass is 9.94. The minimum absolute atomic E-state index is 0.0134. The highest BCUT2D eigenvalue weighted by atomic mass is 16.5. The van der Waals surface area contributed by atoms with E-state index in [1.807, 2.05) is 41.3 Å². The van der Waals surface area contributed by atoms with Gasteiger partial charge in [0.05, 0.1) is 32.7 Å². The van der Waals surface area contributed by atoms with Crippen LogP contribution in [0.4, 0.5) is 0 Å². The van der Waals surface area contributed by atoms with Gasteiger partial charge in [0.1, 0.15) is 12.4 Å². The molecule has 1 atom stereocenters. The van der Waals surface area contributed by atoms with Gasteiger partial charge in [-0.2, -0.15) is 0 Å². The quantitative estimate of drug-likeness (QED) is 0.507. The molecule has 9 nitrogen and oxygen atoms in total. The zero-order valence-corrected chi connectivity index (χ0v) is 20.4. The molecule has 0 aromatic heterocycles. The van der Waals surface area contributed by atoms with Gasteiger partial charge < -0.3 is 24.4 Å². The molecule has 3 aliphatic heterocycles. The van der Waals surface area contributed by atoms with Crippen molar-refractivity contribution in [3.63, 3.8) is 0 Å². The predicted octanol–water partition coefficient (Wildman–Crippen LogP) is 1.17. The van der Waals surface area contributed by atoms with Gasteiger partial charge in [0, 0.05) is 32.6 Å². The van der Waals surface area contributed by atoms with Crippen molar-refractivity contribution in [1.29, 1.82) is 0 Å². The van der Waals surface area contributed by atoms with Crippen LogP contribution in [0.5, 0.6) is 5.75 Å². The maximum absolute atomic E-state index is 13.2. The number of benzene rings is 1. The SMILES string of the molecule is COC(=O)C1CCN(C(=O)CN2CCOC3(C/C=C/Cc4ccccc4OCCNC3=O)C2)CC1. The third kappa shape index (κ3) is 6.21. The van der Waals surface area contributed by atoms with Gasteiger partial charge in [-0.05, 0) is 30.9 Å². The van der Waals surface area contributed by atoms with Crippen LogP contribution >= 0.6 is 0 Å². The van der Waals surface area contributed by atoms with E-state index in [2.05, 4.69) is 5.32 Å². The number of carbonyl (C=O) groups excluding carboxylic acids is 3. The Balaban J connectivity index is 1.38. The second-order valence-electron chi connectivity index (χ2n) is 9.32. The number of hydrogen-bond donors (Lipinski definition) is 1. The second kappa shape index (κ2) is 11.7. The van der Waals surface area contributed by atoms with Gasteiger partial charge in [0.15, 0.2) is 5.60 Å². The minimum Gasteiger partial charge on any atom is -0.491 e. The normalized spacial score (nSPS) is 25.4. The summed E-state index contributed by atoms with van der Waals surface area (Å²) in [7, 11) is 1.40. The smallest absolute Gasteiger partial charge is 0.308 e. The van der Waals surface area contributed by atoms with Crippen LogP contribution in [-0.2, 0) is 30.3 Å². The molecule has 0 aliphatic carbocycles. The van der Waals surface area contributed by atoms with Crippen LogP contribution in [0.3, 0.4) is 0 Å². The number of nitrogens with one attached hydrogen (secondary N) is 1. The molecule has 2 saturated heterocycles. The Morgan fingerprint density at radius 1 is 1.14 bits per heavy atom. The molecule has 9 heteroatoms. The van der Waals surface area contributed by atoms with Crippen molar-refractivity contribution >= 4 is 17.8 Å². The second-order valence-corrected chi connectivity index (χ2v) is 9.32. The number of amides is 2. The van der Waals surface area contributed by atoms with Crippen molar-refractivity contribution in [2.24, 2.45) is 5.92 Å². The van der Waals surface area contributed by atoms with E-state index in [4.69, 9.17) is 14.2 Å². The molecule has 1 spiro atoms. The van der Waals surface area contributed by atoms with Crippen LogP contribution in [-0.4, -0.2) is 92.8 Å². The average Bonchev–Trinajstić information content (AvgIpc) is 2.88. The Morgan fingerprint density at radius 2 is 1.94 bits per heavy atom. The third-order valence-electron chi connectivity index (χ3n) is 6.99. The maximum atomic E-state index is 13.2. The number of likely N-dealkylation sites (tertiary alicyclic amines) is 1. The van der Waals surface area contributed by atoms with E-state index < -0.39 is 5.60 Å². The molecule has 0 saturated carbocycles. The van der Waals surface area contributed by atoms with Crippen molar-refractivity contribution in [2.45, 2.75) is 31.3 Å². The Morgan fingerprint density at radius 3 is 2.74 bits per heavy atom. The molecule has 1 aromatic rings. The van der Waals surface area contributed by atoms with Crippen LogP contribution in [0.15, 0.2) is 36.4 Å². The van der Waals surface area contributed by atoms with Crippen molar-refractivity contribution in [3.8, 4) is 5.75 Å². The lowest BCUT2D eigenvalue weighted by Crippen LogP contribution is -2.61. The number of hydrogen-bond acceptors (Lipinski definition) is 7. The summed E-state index contributed by atoms with van der Waals surface area (Å²) in [6, 6.07) is 7.91. The molecular weight excluding hydrogens is 450 g/mol. The van der Waals surface area contributed by atoms with Gasteiger partial charge in [0.25, 0.3) is 5.91 Å². The van der Waals surface area contributed by atoms with Crippen LogP contribution < -0.4 is 10.1 Å². The number of esters is 1. The van der Waals surface area contributed by atoms with E-state index in [1.54, 1.807) is 4.90 Å².